The van der Waals surface area contributed by atoms with Crippen LogP contribution in [0.15, 0.2) is 24.3 Å². The Morgan fingerprint density at radius 2 is 1.70 bits per heavy atom. The van der Waals surface area contributed by atoms with Crippen LogP contribution in [0.2, 0.25) is 0 Å². The van der Waals surface area contributed by atoms with Crippen molar-refractivity contribution in [3.05, 3.63) is 30.1 Å². The lowest BCUT2D eigenvalue weighted by molar-refractivity contribution is 0.0718. The Labute approximate surface area is 120 Å². The molecule has 2 fully saturated rings. The molecular formula is C16H24FN3. The highest BCUT2D eigenvalue weighted by Crippen LogP contribution is 2.40. The molecule has 110 valence electrons. The number of nitrogens with zero attached hydrogens (tertiary/aromatic N) is 2. The lowest BCUT2D eigenvalue weighted by Gasteiger charge is -2.46. The second-order valence-electron chi connectivity index (χ2n) is 6.30. The third kappa shape index (κ3) is 2.81. The van der Waals surface area contributed by atoms with E-state index in [4.69, 9.17) is 5.73 Å². The maximum atomic E-state index is 12.9. The first kappa shape index (κ1) is 13.8. The minimum atomic E-state index is -0.165. The summed E-state index contributed by atoms with van der Waals surface area (Å²) in [4.78, 5) is 4.89. The van der Waals surface area contributed by atoms with Crippen molar-refractivity contribution in [1.82, 2.24) is 4.90 Å². The zero-order valence-electron chi connectivity index (χ0n) is 12.0. The fraction of sp³-hybridized carbons (Fsp3) is 0.625. The molecule has 20 heavy (non-hydrogen) atoms. The van der Waals surface area contributed by atoms with Gasteiger partial charge in [-0.15, -0.1) is 0 Å². The second-order valence-corrected chi connectivity index (χ2v) is 6.30. The molecule has 0 aromatic heterocycles. The van der Waals surface area contributed by atoms with Gasteiger partial charge in [-0.05, 0) is 49.1 Å². The summed E-state index contributed by atoms with van der Waals surface area (Å²) in [7, 11) is 0. The monoisotopic (exact) mass is 277 g/mol. The highest BCUT2D eigenvalue weighted by molar-refractivity contribution is 5.46. The fourth-order valence-electron chi connectivity index (χ4n) is 3.39. The number of halogens is 1. The summed E-state index contributed by atoms with van der Waals surface area (Å²) in [6.45, 7) is 6.18. The number of piperazine rings is 1. The van der Waals surface area contributed by atoms with Gasteiger partial charge < -0.3 is 10.6 Å². The summed E-state index contributed by atoms with van der Waals surface area (Å²) in [6.07, 6.45) is 3.93. The molecule has 0 atom stereocenters. The van der Waals surface area contributed by atoms with Crippen molar-refractivity contribution < 1.29 is 4.39 Å². The van der Waals surface area contributed by atoms with Crippen LogP contribution in [0.1, 0.15) is 19.3 Å². The molecule has 2 N–H and O–H groups in total. The van der Waals surface area contributed by atoms with Crippen LogP contribution in [-0.4, -0.2) is 44.2 Å². The third-order valence-corrected chi connectivity index (χ3v) is 4.97. The van der Waals surface area contributed by atoms with E-state index in [0.29, 0.717) is 5.41 Å². The van der Waals surface area contributed by atoms with E-state index in [1.165, 1.54) is 19.3 Å². The van der Waals surface area contributed by atoms with E-state index in [-0.39, 0.29) is 5.82 Å². The van der Waals surface area contributed by atoms with E-state index in [1.807, 2.05) is 12.1 Å². The van der Waals surface area contributed by atoms with Crippen LogP contribution in [0.4, 0.5) is 10.1 Å². The fourth-order valence-corrected chi connectivity index (χ4v) is 3.39. The summed E-state index contributed by atoms with van der Waals surface area (Å²) in [5.74, 6) is -0.165. The summed E-state index contributed by atoms with van der Waals surface area (Å²) in [6, 6.07) is 6.83. The molecule has 1 saturated carbocycles. The van der Waals surface area contributed by atoms with Crippen LogP contribution in [0.5, 0.6) is 0 Å². The summed E-state index contributed by atoms with van der Waals surface area (Å²) < 4.78 is 12.9. The van der Waals surface area contributed by atoms with E-state index in [9.17, 15) is 4.39 Å². The predicted molar refractivity (Wildman–Crippen MR) is 80.4 cm³/mol. The number of hydrogen-bond donors (Lipinski definition) is 1. The molecule has 2 aliphatic rings. The number of anilines is 1. The highest BCUT2D eigenvalue weighted by atomic mass is 19.1. The van der Waals surface area contributed by atoms with Gasteiger partial charge in [-0.1, -0.05) is 6.42 Å². The molecule has 3 nitrogen and oxygen atoms in total. The average Bonchev–Trinajstić information content (AvgIpc) is 2.45. The van der Waals surface area contributed by atoms with Crippen molar-refractivity contribution in [3.63, 3.8) is 0 Å². The number of nitrogens with two attached hydrogens (primary N) is 1. The normalized spacial score (nSPS) is 22.6. The van der Waals surface area contributed by atoms with Crippen LogP contribution in [0, 0.1) is 11.2 Å². The minimum Gasteiger partial charge on any atom is -0.369 e. The summed E-state index contributed by atoms with van der Waals surface area (Å²) in [5.41, 5.74) is 7.47. The average molecular weight is 277 g/mol. The zero-order valence-corrected chi connectivity index (χ0v) is 12.0. The van der Waals surface area contributed by atoms with Crippen LogP contribution in [0.3, 0.4) is 0 Å². The Morgan fingerprint density at radius 3 is 2.20 bits per heavy atom. The maximum absolute atomic E-state index is 12.9. The Morgan fingerprint density at radius 1 is 1.05 bits per heavy atom. The largest absolute Gasteiger partial charge is 0.369 e. The first-order chi connectivity index (χ1) is 9.71. The summed E-state index contributed by atoms with van der Waals surface area (Å²) in [5, 5.41) is 0. The summed E-state index contributed by atoms with van der Waals surface area (Å²) >= 11 is 0. The molecule has 0 unspecified atom stereocenters. The molecule has 1 aromatic carbocycles. The molecule has 1 aliphatic heterocycles. The molecule has 1 heterocycles. The van der Waals surface area contributed by atoms with Crippen LogP contribution < -0.4 is 10.6 Å². The predicted octanol–water partition coefficient (Wildman–Crippen LogP) is 2.08. The van der Waals surface area contributed by atoms with Crippen LogP contribution in [-0.2, 0) is 0 Å². The third-order valence-electron chi connectivity index (χ3n) is 4.97. The van der Waals surface area contributed by atoms with E-state index in [0.717, 1.165) is 45.0 Å². The van der Waals surface area contributed by atoms with E-state index in [2.05, 4.69) is 9.80 Å². The van der Waals surface area contributed by atoms with Crippen molar-refractivity contribution in [2.45, 2.75) is 19.3 Å². The Hall–Kier alpha value is -1.13. The Bertz CT molecular complexity index is 428. The second kappa shape index (κ2) is 5.70. The standard InChI is InChI=1S/C16H24FN3/c17-14-2-4-15(5-3-14)20-10-8-19(9-11-20)13-16(12-18)6-1-7-16/h2-5H,1,6-13,18H2. The Kier molecular flexibility index (Phi) is 3.94. The van der Waals surface area contributed by atoms with Crippen molar-refractivity contribution in [1.29, 1.82) is 0 Å². The van der Waals surface area contributed by atoms with Crippen molar-refractivity contribution >= 4 is 5.69 Å². The van der Waals surface area contributed by atoms with Gasteiger partial charge in [0.05, 0.1) is 0 Å². The number of rotatable bonds is 4. The lowest BCUT2D eigenvalue weighted by atomic mass is 9.68. The maximum Gasteiger partial charge on any atom is 0.123 e. The van der Waals surface area contributed by atoms with E-state index >= 15 is 0 Å². The van der Waals surface area contributed by atoms with Gasteiger partial charge in [0.1, 0.15) is 5.82 Å². The number of hydrogen-bond acceptors (Lipinski definition) is 3. The molecule has 1 aromatic rings. The van der Waals surface area contributed by atoms with Crippen LogP contribution >= 0.6 is 0 Å². The van der Waals surface area contributed by atoms with Gasteiger partial charge >= 0.3 is 0 Å². The van der Waals surface area contributed by atoms with Crippen molar-refractivity contribution in [3.8, 4) is 0 Å². The molecule has 0 amide bonds. The first-order valence-electron chi connectivity index (χ1n) is 7.64. The van der Waals surface area contributed by atoms with E-state index < -0.39 is 0 Å². The first-order valence-corrected chi connectivity index (χ1v) is 7.64. The molecule has 3 rings (SSSR count). The molecule has 1 saturated heterocycles. The molecule has 0 radical (unpaired) electrons. The number of benzene rings is 1. The van der Waals surface area contributed by atoms with Crippen LogP contribution in [0.25, 0.3) is 0 Å². The van der Waals surface area contributed by atoms with Gasteiger partial charge in [-0.3, -0.25) is 4.90 Å². The molecule has 1 aliphatic carbocycles. The smallest absolute Gasteiger partial charge is 0.123 e. The minimum absolute atomic E-state index is 0.165. The zero-order chi connectivity index (χ0) is 14.0. The molecule has 0 bridgehead atoms. The molecule has 4 heteroatoms. The van der Waals surface area contributed by atoms with Gasteiger partial charge in [-0.25, -0.2) is 4.39 Å². The van der Waals surface area contributed by atoms with Gasteiger partial charge in [0, 0.05) is 38.4 Å². The topological polar surface area (TPSA) is 32.5 Å². The van der Waals surface area contributed by atoms with Crippen molar-refractivity contribution in [2.75, 3.05) is 44.2 Å². The molecular weight excluding hydrogens is 253 g/mol. The van der Waals surface area contributed by atoms with Gasteiger partial charge in [0.25, 0.3) is 0 Å². The highest BCUT2D eigenvalue weighted by Gasteiger charge is 2.37. The quantitative estimate of drug-likeness (QED) is 0.914. The van der Waals surface area contributed by atoms with E-state index in [1.54, 1.807) is 12.1 Å². The van der Waals surface area contributed by atoms with Crippen molar-refractivity contribution in [2.24, 2.45) is 11.1 Å². The Balaban J connectivity index is 1.53. The van der Waals surface area contributed by atoms with Gasteiger partial charge in [-0.2, -0.15) is 0 Å². The SMILES string of the molecule is NCC1(CN2CCN(c3ccc(F)cc3)CC2)CCC1. The molecule has 0 spiro atoms. The van der Waals surface area contributed by atoms with Gasteiger partial charge in [0.15, 0.2) is 0 Å². The van der Waals surface area contributed by atoms with Gasteiger partial charge in [0.2, 0.25) is 0 Å². The lowest BCUT2D eigenvalue weighted by Crippen LogP contribution is -2.53.